The quantitative estimate of drug-likeness (QED) is 0.237. The smallest absolute Gasteiger partial charge is 0.264 e. The van der Waals surface area contributed by atoms with Crippen molar-refractivity contribution in [1.82, 2.24) is 0 Å². The number of aliphatic hydroxyl groups excluding tert-OH is 2. The van der Waals surface area contributed by atoms with Crippen molar-refractivity contribution in [2.24, 2.45) is 5.11 Å². The lowest BCUT2D eigenvalue weighted by molar-refractivity contribution is 0.106. The van der Waals surface area contributed by atoms with Crippen LogP contribution in [0.4, 0.5) is 0 Å². The Balaban J connectivity index is 4.18. The number of hydrogen-bond acceptors (Lipinski definition) is 5. The van der Waals surface area contributed by atoms with Crippen molar-refractivity contribution >= 4 is 10.1 Å². The molecule has 0 saturated heterocycles. The van der Waals surface area contributed by atoms with Gasteiger partial charge in [-0.3, -0.25) is 4.55 Å². The first-order chi connectivity index (χ1) is 6.40. The van der Waals surface area contributed by atoms with Crippen molar-refractivity contribution in [3.05, 3.63) is 10.4 Å². The summed E-state index contributed by atoms with van der Waals surface area (Å²) in [4.78, 5) is 2.37. The van der Waals surface area contributed by atoms with Gasteiger partial charge >= 0.3 is 0 Å². The molecule has 0 fully saturated rings. The van der Waals surface area contributed by atoms with E-state index in [2.05, 4.69) is 10.0 Å². The van der Waals surface area contributed by atoms with Crippen molar-refractivity contribution in [3.63, 3.8) is 0 Å². The maximum absolute atomic E-state index is 10.3. The monoisotopic (exact) mass is 225 g/mol. The number of nitrogens with zero attached hydrogens (tertiary/aromatic N) is 3. The maximum Gasteiger partial charge on any atom is 0.264 e. The van der Waals surface area contributed by atoms with E-state index in [-0.39, 0.29) is 6.42 Å². The molecule has 9 heteroatoms. The Labute approximate surface area is 80.5 Å². The molecular formula is C5H11N3O5S. The van der Waals surface area contributed by atoms with Gasteiger partial charge in [-0.15, -0.1) is 0 Å². The van der Waals surface area contributed by atoms with Gasteiger partial charge in [-0.1, -0.05) is 5.11 Å². The summed E-state index contributed by atoms with van der Waals surface area (Å²) in [6, 6.07) is -1.10. The summed E-state index contributed by atoms with van der Waals surface area (Å²) >= 11 is 0. The van der Waals surface area contributed by atoms with Gasteiger partial charge < -0.3 is 10.2 Å². The molecule has 0 aromatic rings. The molecule has 0 aromatic heterocycles. The van der Waals surface area contributed by atoms with Crippen LogP contribution in [-0.2, 0) is 10.1 Å². The van der Waals surface area contributed by atoms with Crippen LogP contribution in [0, 0.1) is 0 Å². The summed E-state index contributed by atoms with van der Waals surface area (Å²) in [6.45, 7) is -0.587. The van der Waals surface area contributed by atoms with E-state index in [1.54, 1.807) is 0 Å². The van der Waals surface area contributed by atoms with E-state index in [0.717, 1.165) is 0 Å². The summed E-state index contributed by atoms with van der Waals surface area (Å²) in [7, 11) is -4.15. The van der Waals surface area contributed by atoms with Crippen LogP contribution in [0.3, 0.4) is 0 Å². The molecule has 0 radical (unpaired) electrons. The van der Waals surface area contributed by atoms with Crippen molar-refractivity contribution in [3.8, 4) is 0 Å². The number of hydrogen-bond donors (Lipinski definition) is 3. The molecule has 82 valence electrons. The van der Waals surface area contributed by atoms with Crippen LogP contribution in [0.25, 0.3) is 10.4 Å². The molecule has 3 N–H and O–H groups in total. The average molecular weight is 225 g/mol. The predicted molar refractivity (Wildman–Crippen MR) is 47.1 cm³/mol. The minimum Gasteiger partial charge on any atom is -0.396 e. The molecule has 0 heterocycles. The Hall–Kier alpha value is -0.860. The SMILES string of the molecule is [N-]=[N+]=N[C@H](CO)[C@H](O)CCS(=O)(=O)O. The molecule has 8 nitrogen and oxygen atoms in total. The van der Waals surface area contributed by atoms with Gasteiger partial charge in [-0.2, -0.15) is 8.42 Å². The fraction of sp³-hybridized carbons (Fsp3) is 1.00. The van der Waals surface area contributed by atoms with Gasteiger partial charge in [-0.25, -0.2) is 0 Å². The van der Waals surface area contributed by atoms with Gasteiger partial charge in [0.2, 0.25) is 0 Å². The Kier molecular flexibility index (Phi) is 5.43. The third-order valence-corrected chi connectivity index (χ3v) is 2.25. The van der Waals surface area contributed by atoms with Crippen LogP contribution in [-0.4, -0.2) is 47.7 Å². The van der Waals surface area contributed by atoms with Gasteiger partial charge in [0.1, 0.15) is 0 Å². The molecule has 0 aliphatic rings. The lowest BCUT2D eigenvalue weighted by Crippen LogP contribution is -2.29. The van der Waals surface area contributed by atoms with Gasteiger partial charge in [0.25, 0.3) is 10.1 Å². The molecule has 0 saturated carbocycles. The van der Waals surface area contributed by atoms with Crippen molar-refractivity contribution in [2.45, 2.75) is 18.6 Å². The van der Waals surface area contributed by atoms with Crippen LogP contribution >= 0.6 is 0 Å². The standard InChI is InChI=1S/C5H11N3O5S/c6-8-7-4(3-9)5(10)1-2-14(11,12)13/h4-5,9-10H,1-3H2,(H,11,12,13)/t4-,5-/m1/s1. The molecule has 0 bridgehead atoms. The topological polar surface area (TPSA) is 144 Å². The summed E-state index contributed by atoms with van der Waals surface area (Å²) in [5.41, 5.74) is 8.01. The van der Waals surface area contributed by atoms with Crippen molar-refractivity contribution in [1.29, 1.82) is 0 Å². The van der Waals surface area contributed by atoms with Gasteiger partial charge in [0.05, 0.1) is 24.5 Å². The molecule has 2 atom stereocenters. The average Bonchev–Trinajstić information content (AvgIpc) is 2.09. The fourth-order valence-corrected chi connectivity index (χ4v) is 1.30. The number of aliphatic hydroxyl groups is 2. The second-order valence-electron chi connectivity index (χ2n) is 2.60. The fourth-order valence-electron chi connectivity index (χ4n) is 0.764. The van der Waals surface area contributed by atoms with Crippen LogP contribution in [0.1, 0.15) is 6.42 Å². The van der Waals surface area contributed by atoms with Crippen LogP contribution in [0.15, 0.2) is 5.11 Å². The Morgan fingerprint density at radius 3 is 2.43 bits per heavy atom. The molecule has 0 aliphatic carbocycles. The van der Waals surface area contributed by atoms with Crippen LogP contribution in [0.2, 0.25) is 0 Å². The maximum atomic E-state index is 10.3. The second-order valence-corrected chi connectivity index (χ2v) is 4.17. The van der Waals surface area contributed by atoms with E-state index in [4.69, 9.17) is 15.2 Å². The van der Waals surface area contributed by atoms with E-state index >= 15 is 0 Å². The zero-order chi connectivity index (χ0) is 11.2. The lowest BCUT2D eigenvalue weighted by Gasteiger charge is -2.14. The highest BCUT2D eigenvalue weighted by Crippen LogP contribution is 2.05. The highest BCUT2D eigenvalue weighted by Gasteiger charge is 2.19. The molecule has 14 heavy (non-hydrogen) atoms. The Morgan fingerprint density at radius 1 is 1.50 bits per heavy atom. The highest BCUT2D eigenvalue weighted by atomic mass is 32.2. The van der Waals surface area contributed by atoms with Gasteiger partial charge in [-0.05, 0) is 12.0 Å². The van der Waals surface area contributed by atoms with E-state index < -0.39 is 34.6 Å². The highest BCUT2D eigenvalue weighted by molar-refractivity contribution is 7.85. The first kappa shape index (κ1) is 13.1. The largest absolute Gasteiger partial charge is 0.396 e. The summed E-state index contributed by atoms with van der Waals surface area (Å²) in [6.07, 6.45) is -1.60. The van der Waals surface area contributed by atoms with Gasteiger partial charge in [0.15, 0.2) is 0 Å². The Morgan fingerprint density at radius 2 is 2.07 bits per heavy atom. The normalized spacial score (nSPS) is 15.6. The molecule has 0 rings (SSSR count). The summed E-state index contributed by atoms with van der Waals surface area (Å²) < 4.78 is 28.9. The van der Waals surface area contributed by atoms with Crippen molar-refractivity contribution < 1.29 is 23.2 Å². The van der Waals surface area contributed by atoms with Crippen molar-refractivity contribution in [2.75, 3.05) is 12.4 Å². The van der Waals surface area contributed by atoms with Crippen LogP contribution < -0.4 is 0 Å². The first-order valence-corrected chi connectivity index (χ1v) is 5.30. The molecule has 0 unspecified atom stereocenters. The molecule has 0 spiro atoms. The van der Waals surface area contributed by atoms with E-state index in [9.17, 15) is 13.5 Å². The molecule has 0 aliphatic heterocycles. The third kappa shape index (κ3) is 5.73. The van der Waals surface area contributed by atoms with E-state index in [1.165, 1.54) is 0 Å². The van der Waals surface area contributed by atoms with Gasteiger partial charge in [0, 0.05) is 4.91 Å². The number of rotatable bonds is 6. The molecular weight excluding hydrogens is 214 g/mol. The zero-order valence-electron chi connectivity index (χ0n) is 7.18. The first-order valence-electron chi connectivity index (χ1n) is 3.69. The minimum atomic E-state index is -4.15. The summed E-state index contributed by atoms with van der Waals surface area (Å²) in [5, 5.41) is 20.9. The van der Waals surface area contributed by atoms with Crippen LogP contribution in [0.5, 0.6) is 0 Å². The summed E-state index contributed by atoms with van der Waals surface area (Å²) in [5.74, 6) is -0.647. The second kappa shape index (κ2) is 5.78. The molecule has 0 aromatic carbocycles. The predicted octanol–water partition coefficient (Wildman–Crippen LogP) is -0.704. The van der Waals surface area contributed by atoms with E-state index in [1.807, 2.05) is 0 Å². The number of azide groups is 1. The zero-order valence-corrected chi connectivity index (χ0v) is 8.00. The minimum absolute atomic E-state index is 0.302. The third-order valence-electron chi connectivity index (χ3n) is 1.50. The Bertz CT molecular complexity index is 309. The molecule has 0 amide bonds. The lowest BCUT2D eigenvalue weighted by atomic mass is 10.1. The van der Waals surface area contributed by atoms with E-state index in [0.29, 0.717) is 0 Å².